The van der Waals surface area contributed by atoms with Crippen LogP contribution < -0.4 is 14.4 Å². The van der Waals surface area contributed by atoms with Crippen LogP contribution in [-0.2, 0) is 4.74 Å². The van der Waals surface area contributed by atoms with Crippen LogP contribution in [0.15, 0.2) is 53.7 Å². The highest BCUT2D eigenvalue weighted by Gasteiger charge is 2.25. The van der Waals surface area contributed by atoms with E-state index in [1.165, 1.54) is 5.56 Å². The van der Waals surface area contributed by atoms with Crippen molar-refractivity contribution in [2.75, 3.05) is 43.6 Å². The van der Waals surface area contributed by atoms with E-state index >= 15 is 0 Å². The summed E-state index contributed by atoms with van der Waals surface area (Å²) in [5.74, 6) is 3.18. The molecule has 1 atom stereocenters. The van der Waals surface area contributed by atoms with Gasteiger partial charge in [-0.2, -0.15) is 0 Å². The van der Waals surface area contributed by atoms with Gasteiger partial charge in [-0.3, -0.25) is 4.57 Å². The second-order valence-corrected chi connectivity index (χ2v) is 8.30. The number of benzene rings is 2. The standard InChI is InChI=1S/C22H24N4O3S/c1-16-6-2-3-7-18(16)26-21(25-10-12-27-13-11-25)23-24-22(26)30-15-17-14-28-19-8-4-5-9-20(19)29-17/h2-9,17H,10-15H2,1H3/t17-/m0/s1. The minimum atomic E-state index is -0.0428. The van der Waals surface area contributed by atoms with Crippen molar-refractivity contribution in [2.24, 2.45) is 0 Å². The van der Waals surface area contributed by atoms with Crippen molar-refractivity contribution in [3.63, 3.8) is 0 Å². The molecule has 0 unspecified atom stereocenters. The van der Waals surface area contributed by atoms with Crippen LogP contribution in [0.2, 0.25) is 0 Å². The van der Waals surface area contributed by atoms with E-state index in [1.807, 2.05) is 24.3 Å². The van der Waals surface area contributed by atoms with Gasteiger partial charge < -0.3 is 19.1 Å². The normalized spacial score (nSPS) is 18.4. The zero-order chi connectivity index (χ0) is 20.3. The quantitative estimate of drug-likeness (QED) is 0.582. The first-order chi connectivity index (χ1) is 14.8. The molecule has 0 radical (unpaired) electrons. The van der Waals surface area contributed by atoms with Crippen LogP contribution >= 0.6 is 11.8 Å². The smallest absolute Gasteiger partial charge is 0.232 e. The molecule has 1 fully saturated rings. The minimum Gasteiger partial charge on any atom is -0.486 e. The van der Waals surface area contributed by atoms with Crippen LogP contribution in [0.4, 0.5) is 5.95 Å². The lowest BCUT2D eigenvalue weighted by molar-refractivity contribution is 0.107. The summed E-state index contributed by atoms with van der Waals surface area (Å²) in [5.41, 5.74) is 2.28. The number of para-hydroxylation sites is 3. The number of ether oxygens (including phenoxy) is 3. The van der Waals surface area contributed by atoms with Crippen molar-refractivity contribution in [2.45, 2.75) is 18.2 Å². The Hall–Kier alpha value is -2.71. The molecule has 1 aromatic heterocycles. The van der Waals surface area contributed by atoms with Crippen LogP contribution in [0.1, 0.15) is 5.56 Å². The molecular weight excluding hydrogens is 400 g/mol. The molecule has 1 saturated heterocycles. The zero-order valence-corrected chi connectivity index (χ0v) is 17.7. The predicted octanol–water partition coefficient (Wildman–Crippen LogP) is 3.34. The third-order valence-corrected chi connectivity index (χ3v) is 6.29. The van der Waals surface area contributed by atoms with Crippen molar-refractivity contribution in [1.82, 2.24) is 14.8 Å². The number of hydrogen-bond donors (Lipinski definition) is 0. The zero-order valence-electron chi connectivity index (χ0n) is 16.9. The molecule has 8 heteroatoms. The predicted molar refractivity (Wildman–Crippen MR) is 116 cm³/mol. The second-order valence-electron chi connectivity index (χ2n) is 7.31. The lowest BCUT2D eigenvalue weighted by Gasteiger charge is -2.28. The van der Waals surface area contributed by atoms with Crippen LogP contribution in [0.5, 0.6) is 11.5 Å². The van der Waals surface area contributed by atoms with E-state index in [1.54, 1.807) is 11.8 Å². The van der Waals surface area contributed by atoms with Gasteiger partial charge in [-0.1, -0.05) is 42.1 Å². The van der Waals surface area contributed by atoms with Crippen LogP contribution in [0.25, 0.3) is 5.69 Å². The minimum absolute atomic E-state index is 0.0428. The number of thioether (sulfide) groups is 1. The Morgan fingerprint density at radius 3 is 2.60 bits per heavy atom. The van der Waals surface area contributed by atoms with Gasteiger partial charge in [0.25, 0.3) is 0 Å². The van der Waals surface area contributed by atoms with E-state index in [-0.39, 0.29) is 6.10 Å². The first-order valence-electron chi connectivity index (χ1n) is 10.1. The van der Waals surface area contributed by atoms with Gasteiger partial charge in [0.15, 0.2) is 16.7 Å². The van der Waals surface area contributed by atoms with Gasteiger partial charge in [0, 0.05) is 18.8 Å². The number of fused-ring (bicyclic) bond motifs is 1. The molecule has 0 aliphatic carbocycles. The molecule has 0 N–H and O–H groups in total. The SMILES string of the molecule is Cc1ccccc1-n1c(SC[C@@H]2COc3ccccc3O2)nnc1N1CCOCC1. The number of morpholine rings is 1. The average molecular weight is 425 g/mol. The van der Waals surface area contributed by atoms with Gasteiger partial charge in [-0.15, -0.1) is 10.2 Å². The van der Waals surface area contributed by atoms with Gasteiger partial charge in [-0.05, 0) is 30.7 Å². The third-order valence-electron chi connectivity index (χ3n) is 5.23. The van der Waals surface area contributed by atoms with Gasteiger partial charge in [0.05, 0.1) is 18.9 Å². The fourth-order valence-electron chi connectivity index (χ4n) is 3.66. The Morgan fingerprint density at radius 2 is 1.77 bits per heavy atom. The number of rotatable bonds is 5. The van der Waals surface area contributed by atoms with E-state index in [4.69, 9.17) is 14.2 Å². The van der Waals surface area contributed by atoms with Crippen LogP contribution in [0, 0.1) is 6.92 Å². The lowest BCUT2D eigenvalue weighted by Crippen LogP contribution is -2.38. The van der Waals surface area contributed by atoms with Gasteiger partial charge >= 0.3 is 0 Å². The van der Waals surface area contributed by atoms with Crippen LogP contribution in [0.3, 0.4) is 0 Å². The van der Waals surface area contributed by atoms with Crippen molar-refractivity contribution in [1.29, 1.82) is 0 Å². The summed E-state index contributed by atoms with van der Waals surface area (Å²) in [7, 11) is 0. The third kappa shape index (κ3) is 3.85. The molecule has 30 heavy (non-hydrogen) atoms. The molecule has 3 heterocycles. The summed E-state index contributed by atoms with van der Waals surface area (Å²) < 4.78 is 19.6. The largest absolute Gasteiger partial charge is 0.486 e. The van der Waals surface area contributed by atoms with E-state index in [2.05, 4.69) is 50.9 Å². The first kappa shape index (κ1) is 19.3. The highest BCUT2D eigenvalue weighted by atomic mass is 32.2. The maximum Gasteiger partial charge on any atom is 0.232 e. The van der Waals surface area contributed by atoms with Crippen molar-refractivity contribution in [3.05, 3.63) is 54.1 Å². The van der Waals surface area contributed by atoms with Gasteiger partial charge in [0.1, 0.15) is 12.7 Å². The molecule has 7 nitrogen and oxygen atoms in total. The molecule has 2 aromatic carbocycles. The Labute approximate surface area is 180 Å². The average Bonchev–Trinajstić information content (AvgIpc) is 3.22. The highest BCUT2D eigenvalue weighted by molar-refractivity contribution is 7.99. The van der Waals surface area contributed by atoms with Crippen molar-refractivity contribution < 1.29 is 14.2 Å². The maximum atomic E-state index is 6.12. The summed E-state index contributed by atoms with van der Waals surface area (Å²) >= 11 is 1.64. The molecule has 0 spiro atoms. The summed E-state index contributed by atoms with van der Waals surface area (Å²) in [6.45, 7) is 5.67. The van der Waals surface area contributed by atoms with Crippen LogP contribution in [-0.4, -0.2) is 59.5 Å². The maximum absolute atomic E-state index is 6.12. The van der Waals surface area contributed by atoms with E-state index in [9.17, 15) is 0 Å². The van der Waals surface area contributed by atoms with Gasteiger partial charge in [0.2, 0.25) is 5.95 Å². The monoisotopic (exact) mass is 424 g/mol. The fraction of sp³-hybridized carbons (Fsp3) is 0.364. The van der Waals surface area contributed by atoms with Gasteiger partial charge in [-0.25, -0.2) is 0 Å². The van der Waals surface area contributed by atoms with E-state index in [0.717, 1.165) is 47.1 Å². The molecule has 3 aromatic rings. The Bertz CT molecular complexity index is 1020. The second kappa shape index (κ2) is 8.57. The number of anilines is 1. The molecule has 0 bridgehead atoms. The summed E-state index contributed by atoms with van der Waals surface area (Å²) in [6.07, 6.45) is -0.0428. The Balaban J connectivity index is 1.40. The van der Waals surface area contributed by atoms with Crippen molar-refractivity contribution in [3.8, 4) is 17.2 Å². The molecular formula is C22H24N4O3S. The summed E-state index contributed by atoms with van der Waals surface area (Å²) in [4.78, 5) is 2.24. The van der Waals surface area contributed by atoms with E-state index in [0.29, 0.717) is 19.8 Å². The number of nitrogens with zero attached hydrogens (tertiary/aromatic N) is 4. The number of aromatic nitrogens is 3. The first-order valence-corrected chi connectivity index (χ1v) is 11.1. The Kier molecular flexibility index (Phi) is 5.50. The number of aryl methyl sites for hydroxylation is 1. The molecule has 2 aliphatic heterocycles. The lowest BCUT2D eigenvalue weighted by atomic mass is 10.2. The van der Waals surface area contributed by atoms with E-state index < -0.39 is 0 Å². The Morgan fingerprint density at radius 1 is 1.00 bits per heavy atom. The molecule has 156 valence electrons. The molecule has 2 aliphatic rings. The fourth-order valence-corrected chi connectivity index (χ4v) is 4.57. The summed E-state index contributed by atoms with van der Waals surface area (Å²) in [5, 5.41) is 9.94. The molecule has 5 rings (SSSR count). The molecule has 0 amide bonds. The topological polar surface area (TPSA) is 61.6 Å². The highest BCUT2D eigenvalue weighted by Crippen LogP contribution is 2.34. The van der Waals surface area contributed by atoms with Crippen molar-refractivity contribution >= 4 is 17.7 Å². The molecule has 0 saturated carbocycles. The number of hydrogen-bond acceptors (Lipinski definition) is 7. The summed E-state index contributed by atoms with van der Waals surface area (Å²) in [6, 6.07) is 16.1.